The van der Waals surface area contributed by atoms with Gasteiger partial charge in [0, 0.05) is 0 Å². The number of amidine groups is 1. The van der Waals surface area contributed by atoms with Crippen LogP contribution in [0.3, 0.4) is 0 Å². The summed E-state index contributed by atoms with van der Waals surface area (Å²) < 4.78 is 5.44. The summed E-state index contributed by atoms with van der Waals surface area (Å²) in [5.74, 6) is 0.584. The molecule has 1 amide bonds. The fourth-order valence-corrected chi connectivity index (χ4v) is 3.97. The molecule has 150 valence electrons. The topological polar surface area (TPSA) is 58.2 Å². The second-order valence-electron chi connectivity index (χ2n) is 6.92. The van der Waals surface area contributed by atoms with Gasteiger partial charge in [0.25, 0.3) is 5.91 Å². The lowest BCUT2D eigenvalue weighted by Crippen LogP contribution is -2.28. The van der Waals surface area contributed by atoms with Gasteiger partial charge in [-0.05, 0) is 66.1 Å². The quantitative estimate of drug-likeness (QED) is 0.318. The highest BCUT2D eigenvalue weighted by Gasteiger charge is 2.34. The molecule has 0 N–H and O–H groups in total. The number of rotatable bonds is 5. The van der Waals surface area contributed by atoms with Gasteiger partial charge < -0.3 is 4.42 Å². The third-order valence-electron chi connectivity index (χ3n) is 4.79. The Bertz CT molecular complexity index is 1150. The predicted molar refractivity (Wildman–Crippen MR) is 122 cm³/mol. The fraction of sp³-hybridized carbons (Fsp3) is 0.125. The first-order valence-corrected chi connectivity index (χ1v) is 10.4. The monoisotopic (exact) mass is 415 g/mol. The van der Waals surface area contributed by atoms with E-state index < -0.39 is 0 Å². The van der Waals surface area contributed by atoms with Crippen LogP contribution in [0.1, 0.15) is 28.0 Å². The highest BCUT2D eigenvalue weighted by atomic mass is 32.2. The van der Waals surface area contributed by atoms with Crippen LogP contribution < -0.4 is 0 Å². The number of furan rings is 1. The van der Waals surface area contributed by atoms with E-state index in [0.717, 1.165) is 22.3 Å². The lowest BCUT2D eigenvalue weighted by atomic mass is 10.1. The lowest BCUT2D eigenvalue weighted by molar-refractivity contribution is -0.122. The molecule has 1 aliphatic rings. The van der Waals surface area contributed by atoms with E-state index in [2.05, 4.69) is 10.2 Å². The van der Waals surface area contributed by atoms with Crippen molar-refractivity contribution in [2.24, 2.45) is 10.2 Å². The van der Waals surface area contributed by atoms with E-state index in [1.807, 2.05) is 74.5 Å². The first-order valence-electron chi connectivity index (χ1n) is 9.58. The molecule has 4 rings (SSSR count). The van der Waals surface area contributed by atoms with Crippen molar-refractivity contribution in [3.63, 3.8) is 0 Å². The third kappa shape index (κ3) is 4.44. The molecule has 0 saturated carbocycles. The molecule has 0 bridgehead atoms. The molecule has 5 nitrogen and oxygen atoms in total. The molecule has 0 atom stereocenters. The summed E-state index contributed by atoms with van der Waals surface area (Å²) in [5, 5.41) is 9.13. The summed E-state index contributed by atoms with van der Waals surface area (Å²) in [6.45, 7) is 4.36. The maximum absolute atomic E-state index is 13.1. The molecular formula is C24H21N3O2S. The molecule has 0 spiro atoms. The van der Waals surface area contributed by atoms with Crippen LogP contribution in [0.4, 0.5) is 0 Å². The number of hydrogen-bond acceptors (Lipinski definition) is 5. The van der Waals surface area contributed by atoms with Gasteiger partial charge in [0.15, 0.2) is 5.17 Å². The second-order valence-corrected chi connectivity index (χ2v) is 7.93. The minimum Gasteiger partial charge on any atom is -0.467 e. The molecule has 1 saturated heterocycles. The first kappa shape index (κ1) is 19.9. The van der Waals surface area contributed by atoms with Crippen LogP contribution in [0.25, 0.3) is 6.08 Å². The number of aryl methyl sites for hydroxylation is 2. The Kier molecular flexibility index (Phi) is 5.95. The number of hydrogen-bond donors (Lipinski definition) is 0. The Morgan fingerprint density at radius 2 is 1.67 bits per heavy atom. The van der Waals surface area contributed by atoms with Crippen molar-refractivity contribution in [1.82, 2.24) is 4.90 Å². The van der Waals surface area contributed by atoms with Crippen LogP contribution in [0.15, 0.2) is 86.5 Å². The number of thioether (sulfide) groups is 1. The normalized spacial score (nSPS) is 17.0. The van der Waals surface area contributed by atoms with Gasteiger partial charge in [0.1, 0.15) is 5.76 Å². The van der Waals surface area contributed by atoms with E-state index >= 15 is 0 Å². The zero-order chi connectivity index (χ0) is 20.9. The average molecular weight is 416 g/mol. The first-order chi connectivity index (χ1) is 14.6. The molecule has 0 aliphatic carbocycles. The summed E-state index contributed by atoms with van der Waals surface area (Å²) in [6.07, 6.45) is 5.22. The van der Waals surface area contributed by atoms with Crippen molar-refractivity contribution in [3.05, 3.63) is 99.8 Å². The summed E-state index contributed by atoms with van der Waals surface area (Å²) in [6, 6.07) is 19.6. The molecule has 1 fully saturated rings. The highest BCUT2D eigenvalue weighted by Crippen LogP contribution is 2.34. The van der Waals surface area contributed by atoms with Crippen LogP contribution >= 0.6 is 11.8 Å². The number of nitrogens with zero attached hydrogens (tertiary/aromatic N) is 3. The molecule has 2 heterocycles. The summed E-state index contributed by atoms with van der Waals surface area (Å²) >= 11 is 1.32. The van der Waals surface area contributed by atoms with Crippen molar-refractivity contribution >= 4 is 35.1 Å². The Hall–Kier alpha value is -3.38. The molecule has 6 heteroatoms. The van der Waals surface area contributed by atoms with Gasteiger partial charge in [0.05, 0.1) is 23.9 Å². The predicted octanol–water partition coefficient (Wildman–Crippen LogP) is 5.40. The molecule has 0 unspecified atom stereocenters. The minimum absolute atomic E-state index is 0.107. The van der Waals surface area contributed by atoms with Gasteiger partial charge in [-0.25, -0.2) is 0 Å². The Balaban J connectivity index is 1.65. The van der Waals surface area contributed by atoms with Crippen LogP contribution in [0.5, 0.6) is 0 Å². The van der Waals surface area contributed by atoms with Crippen molar-refractivity contribution in [1.29, 1.82) is 0 Å². The van der Waals surface area contributed by atoms with Crippen molar-refractivity contribution < 1.29 is 9.21 Å². The Morgan fingerprint density at radius 3 is 2.33 bits per heavy atom. The van der Waals surface area contributed by atoms with Crippen molar-refractivity contribution in [2.75, 3.05) is 0 Å². The molecule has 1 aliphatic heterocycles. The van der Waals surface area contributed by atoms with Crippen LogP contribution in [0, 0.1) is 13.8 Å². The third-order valence-corrected chi connectivity index (χ3v) is 5.78. The van der Waals surface area contributed by atoms with E-state index in [1.165, 1.54) is 11.8 Å². The maximum atomic E-state index is 13.1. The average Bonchev–Trinajstić information content (AvgIpc) is 3.35. The second kappa shape index (κ2) is 8.97. The largest absolute Gasteiger partial charge is 0.467 e. The summed E-state index contributed by atoms with van der Waals surface area (Å²) in [5.41, 5.74) is 4.23. The van der Waals surface area contributed by atoms with Gasteiger partial charge in [-0.3, -0.25) is 9.69 Å². The standard InChI is InChI=1S/C24H21N3O2S/c1-17-8-3-5-10-19(17)14-22-23(28)27(16-21-12-7-13-29-21)24(30-22)26-25-15-20-11-6-4-9-18(20)2/h3-15H,16H2,1-2H3/b22-14-,25-15+,26-24-. The smallest absolute Gasteiger partial charge is 0.267 e. The van der Waals surface area contributed by atoms with Crippen molar-refractivity contribution in [3.8, 4) is 0 Å². The van der Waals surface area contributed by atoms with Gasteiger partial charge >= 0.3 is 0 Å². The van der Waals surface area contributed by atoms with Gasteiger partial charge in [0.2, 0.25) is 0 Å². The number of amides is 1. The molecule has 3 aromatic rings. The van der Waals surface area contributed by atoms with Crippen LogP contribution in [-0.2, 0) is 11.3 Å². The SMILES string of the molecule is Cc1ccccc1/C=C1\S/C(=N\N=C\c2ccccc2C)N(Cc2ccco2)C1=O. The molecule has 1 aromatic heterocycles. The van der Waals surface area contributed by atoms with Crippen LogP contribution in [-0.4, -0.2) is 22.2 Å². The minimum atomic E-state index is -0.107. The Labute approximate surface area is 179 Å². The Morgan fingerprint density at radius 1 is 0.967 bits per heavy atom. The van der Waals surface area contributed by atoms with Gasteiger partial charge in [-0.15, -0.1) is 5.10 Å². The number of benzene rings is 2. The van der Waals surface area contributed by atoms with E-state index in [9.17, 15) is 4.79 Å². The van der Waals surface area contributed by atoms with E-state index in [-0.39, 0.29) is 5.91 Å². The highest BCUT2D eigenvalue weighted by molar-refractivity contribution is 8.18. The zero-order valence-electron chi connectivity index (χ0n) is 16.8. The molecule has 30 heavy (non-hydrogen) atoms. The maximum Gasteiger partial charge on any atom is 0.267 e. The molecule has 0 radical (unpaired) electrons. The van der Waals surface area contributed by atoms with Gasteiger partial charge in [-0.1, -0.05) is 48.5 Å². The molecule has 2 aromatic carbocycles. The summed E-state index contributed by atoms with van der Waals surface area (Å²) in [4.78, 5) is 15.3. The molecular weight excluding hydrogens is 394 g/mol. The van der Waals surface area contributed by atoms with E-state index in [4.69, 9.17) is 4.42 Å². The van der Waals surface area contributed by atoms with E-state index in [1.54, 1.807) is 23.4 Å². The number of carbonyl (C=O) groups is 1. The lowest BCUT2D eigenvalue weighted by Gasteiger charge is -2.12. The number of carbonyl (C=O) groups excluding carboxylic acids is 1. The zero-order valence-corrected chi connectivity index (χ0v) is 17.6. The summed E-state index contributed by atoms with van der Waals surface area (Å²) in [7, 11) is 0. The van der Waals surface area contributed by atoms with Crippen LogP contribution in [0.2, 0.25) is 0 Å². The van der Waals surface area contributed by atoms with E-state index in [0.29, 0.717) is 22.4 Å². The fourth-order valence-electron chi connectivity index (χ4n) is 3.04. The van der Waals surface area contributed by atoms with Gasteiger partial charge in [-0.2, -0.15) is 5.10 Å². The van der Waals surface area contributed by atoms with Crippen molar-refractivity contribution in [2.45, 2.75) is 20.4 Å².